The lowest BCUT2D eigenvalue weighted by molar-refractivity contribution is -0.137. The van der Waals surface area contributed by atoms with Crippen LogP contribution in [-0.4, -0.2) is 26.5 Å². The van der Waals surface area contributed by atoms with Crippen LogP contribution in [0, 0.1) is 0 Å². The Kier molecular flexibility index (Phi) is 5.02. The van der Waals surface area contributed by atoms with Crippen LogP contribution in [0.25, 0.3) is 0 Å². The number of halogens is 3. The van der Waals surface area contributed by atoms with Gasteiger partial charge in [-0.3, -0.25) is 9.52 Å². The van der Waals surface area contributed by atoms with Gasteiger partial charge in [0.25, 0.3) is 10.0 Å². The number of ether oxygens (including phenoxy) is 1. The molecule has 1 aliphatic rings. The summed E-state index contributed by atoms with van der Waals surface area (Å²) in [6.07, 6.45) is -4.51. The number of benzene rings is 2. The molecule has 0 aliphatic carbocycles. The molecule has 0 bridgehead atoms. The SMILES string of the molecule is CC(=O)N1CC(C)(C)Oc2ccc(S(=O)(=O)Nc3ccc(C(F)(F)F)cc3)cc21. The fourth-order valence-corrected chi connectivity index (χ4v) is 4.06. The summed E-state index contributed by atoms with van der Waals surface area (Å²) in [7, 11) is -4.10. The van der Waals surface area contributed by atoms with Crippen molar-refractivity contribution >= 4 is 27.3 Å². The Labute approximate surface area is 166 Å². The monoisotopic (exact) mass is 428 g/mol. The number of carbonyl (C=O) groups excluding carboxylic acids is 1. The first-order valence-electron chi connectivity index (χ1n) is 8.60. The van der Waals surface area contributed by atoms with E-state index in [1.165, 1.54) is 30.0 Å². The number of nitrogens with one attached hydrogen (secondary N) is 1. The van der Waals surface area contributed by atoms with E-state index in [4.69, 9.17) is 4.74 Å². The molecule has 10 heteroatoms. The zero-order chi connectivity index (χ0) is 21.6. The molecule has 1 heterocycles. The Morgan fingerprint density at radius 3 is 2.31 bits per heavy atom. The van der Waals surface area contributed by atoms with Gasteiger partial charge in [-0.2, -0.15) is 13.2 Å². The number of fused-ring (bicyclic) bond motifs is 1. The zero-order valence-corrected chi connectivity index (χ0v) is 16.7. The molecule has 0 atom stereocenters. The van der Waals surface area contributed by atoms with Crippen LogP contribution in [0.4, 0.5) is 24.5 Å². The summed E-state index contributed by atoms with van der Waals surface area (Å²) in [5.74, 6) is 0.0952. The molecule has 156 valence electrons. The Hall–Kier alpha value is -2.75. The summed E-state index contributed by atoms with van der Waals surface area (Å²) in [5, 5.41) is 0. The largest absolute Gasteiger partial charge is 0.484 e. The first-order valence-corrected chi connectivity index (χ1v) is 10.1. The second kappa shape index (κ2) is 6.94. The predicted octanol–water partition coefficient (Wildman–Crippen LogP) is 4.03. The highest BCUT2D eigenvalue weighted by Crippen LogP contribution is 2.39. The van der Waals surface area contributed by atoms with Crippen LogP contribution in [0.3, 0.4) is 0 Å². The summed E-state index contributed by atoms with van der Waals surface area (Å²) in [6, 6.07) is 7.71. The smallest absolute Gasteiger partial charge is 0.416 e. The molecule has 6 nitrogen and oxygen atoms in total. The van der Waals surface area contributed by atoms with E-state index in [9.17, 15) is 26.4 Å². The molecule has 1 N–H and O–H groups in total. The summed E-state index contributed by atoms with van der Waals surface area (Å²) in [5.41, 5.74) is -1.23. The summed E-state index contributed by atoms with van der Waals surface area (Å²) in [6.45, 7) is 5.23. The topological polar surface area (TPSA) is 75.7 Å². The molecule has 1 amide bonds. The molecule has 0 aromatic heterocycles. The van der Waals surface area contributed by atoms with Gasteiger partial charge < -0.3 is 9.64 Å². The minimum absolute atomic E-state index is 0.0171. The normalized spacial score (nSPS) is 16.0. The summed E-state index contributed by atoms with van der Waals surface area (Å²) < 4.78 is 71.4. The van der Waals surface area contributed by atoms with Crippen molar-refractivity contribution in [3.8, 4) is 5.75 Å². The van der Waals surface area contributed by atoms with E-state index in [1.807, 2.05) is 13.8 Å². The van der Waals surface area contributed by atoms with Crippen molar-refractivity contribution in [3.05, 3.63) is 48.0 Å². The summed E-state index contributed by atoms with van der Waals surface area (Å²) >= 11 is 0. The minimum atomic E-state index is -4.51. The number of hydrogen-bond donors (Lipinski definition) is 1. The Morgan fingerprint density at radius 2 is 1.76 bits per heavy atom. The molecule has 0 saturated heterocycles. The Bertz CT molecular complexity index is 1050. The van der Waals surface area contributed by atoms with Gasteiger partial charge >= 0.3 is 6.18 Å². The van der Waals surface area contributed by atoms with Gasteiger partial charge in [-0.25, -0.2) is 8.42 Å². The lowest BCUT2D eigenvalue weighted by atomic mass is 10.1. The quantitative estimate of drug-likeness (QED) is 0.801. The van der Waals surface area contributed by atoms with Crippen LogP contribution in [0.5, 0.6) is 5.75 Å². The molecule has 3 rings (SSSR count). The van der Waals surface area contributed by atoms with Gasteiger partial charge in [-0.15, -0.1) is 0 Å². The van der Waals surface area contributed by atoms with E-state index in [-0.39, 0.29) is 23.0 Å². The van der Waals surface area contributed by atoms with Crippen molar-refractivity contribution in [2.45, 2.75) is 37.4 Å². The zero-order valence-electron chi connectivity index (χ0n) is 15.9. The van der Waals surface area contributed by atoms with Crippen LogP contribution in [-0.2, 0) is 21.0 Å². The maximum Gasteiger partial charge on any atom is 0.416 e. The minimum Gasteiger partial charge on any atom is -0.484 e. The highest BCUT2D eigenvalue weighted by Gasteiger charge is 2.35. The van der Waals surface area contributed by atoms with Crippen molar-refractivity contribution in [2.24, 2.45) is 0 Å². The number of anilines is 2. The number of carbonyl (C=O) groups is 1. The van der Waals surface area contributed by atoms with Gasteiger partial charge in [0.1, 0.15) is 11.4 Å². The van der Waals surface area contributed by atoms with Gasteiger partial charge in [0, 0.05) is 12.6 Å². The van der Waals surface area contributed by atoms with Crippen molar-refractivity contribution in [1.82, 2.24) is 0 Å². The van der Waals surface area contributed by atoms with Crippen molar-refractivity contribution < 1.29 is 31.1 Å². The van der Waals surface area contributed by atoms with E-state index in [1.54, 1.807) is 0 Å². The Balaban J connectivity index is 1.92. The fourth-order valence-electron chi connectivity index (χ4n) is 2.98. The lowest BCUT2D eigenvalue weighted by Crippen LogP contribution is -2.48. The van der Waals surface area contributed by atoms with Crippen LogP contribution in [0.15, 0.2) is 47.4 Å². The average Bonchev–Trinajstić information content (AvgIpc) is 2.59. The third-order valence-electron chi connectivity index (χ3n) is 4.30. The van der Waals surface area contributed by atoms with Crippen LogP contribution < -0.4 is 14.4 Å². The van der Waals surface area contributed by atoms with Gasteiger partial charge in [0.15, 0.2) is 0 Å². The molecule has 0 saturated carbocycles. The first kappa shape index (κ1) is 21.0. The maximum absolute atomic E-state index is 12.7. The second-order valence-corrected chi connectivity index (χ2v) is 8.96. The molecule has 0 radical (unpaired) electrons. The van der Waals surface area contributed by atoms with E-state index in [2.05, 4.69) is 4.72 Å². The third-order valence-corrected chi connectivity index (χ3v) is 5.68. The molecular formula is C19H19F3N2O4S. The highest BCUT2D eigenvalue weighted by atomic mass is 32.2. The highest BCUT2D eigenvalue weighted by molar-refractivity contribution is 7.92. The molecular weight excluding hydrogens is 409 g/mol. The van der Waals surface area contributed by atoms with Crippen LogP contribution in [0.2, 0.25) is 0 Å². The molecule has 0 fully saturated rings. The van der Waals surface area contributed by atoms with E-state index < -0.39 is 27.4 Å². The van der Waals surface area contributed by atoms with Gasteiger partial charge in [0.2, 0.25) is 5.91 Å². The van der Waals surface area contributed by atoms with E-state index in [0.717, 1.165) is 24.3 Å². The molecule has 29 heavy (non-hydrogen) atoms. The fraction of sp³-hybridized carbons (Fsp3) is 0.316. The third kappa shape index (κ3) is 4.47. The summed E-state index contributed by atoms with van der Waals surface area (Å²) in [4.78, 5) is 13.3. The van der Waals surface area contributed by atoms with Gasteiger partial charge in [0.05, 0.1) is 22.7 Å². The molecule has 2 aromatic rings. The average molecular weight is 428 g/mol. The number of sulfonamides is 1. The molecule has 0 unspecified atom stereocenters. The molecule has 1 aliphatic heterocycles. The van der Waals surface area contributed by atoms with Crippen molar-refractivity contribution in [1.29, 1.82) is 0 Å². The van der Waals surface area contributed by atoms with E-state index >= 15 is 0 Å². The second-order valence-electron chi connectivity index (χ2n) is 7.28. The standard InChI is InChI=1S/C19H19F3N2O4S/c1-12(25)24-11-18(2,3)28-17-9-8-15(10-16(17)24)29(26,27)23-14-6-4-13(5-7-14)19(20,21)22/h4-10,23H,11H2,1-3H3. The number of amides is 1. The number of hydrogen-bond acceptors (Lipinski definition) is 4. The number of alkyl halides is 3. The van der Waals surface area contributed by atoms with Gasteiger partial charge in [-0.05, 0) is 56.3 Å². The Morgan fingerprint density at radius 1 is 1.14 bits per heavy atom. The van der Waals surface area contributed by atoms with E-state index in [0.29, 0.717) is 11.4 Å². The first-order chi connectivity index (χ1) is 13.3. The van der Waals surface area contributed by atoms with Crippen LogP contribution in [0.1, 0.15) is 26.3 Å². The molecule has 0 spiro atoms. The van der Waals surface area contributed by atoms with Crippen LogP contribution >= 0.6 is 0 Å². The van der Waals surface area contributed by atoms with Crippen molar-refractivity contribution in [2.75, 3.05) is 16.2 Å². The number of rotatable bonds is 3. The predicted molar refractivity (Wildman–Crippen MR) is 101 cm³/mol. The van der Waals surface area contributed by atoms with Gasteiger partial charge in [-0.1, -0.05) is 0 Å². The lowest BCUT2D eigenvalue weighted by Gasteiger charge is -2.39. The molecule has 2 aromatic carbocycles. The van der Waals surface area contributed by atoms with Crippen molar-refractivity contribution in [3.63, 3.8) is 0 Å². The maximum atomic E-state index is 12.7. The number of nitrogens with zero attached hydrogens (tertiary/aromatic N) is 1.